The van der Waals surface area contributed by atoms with Crippen molar-refractivity contribution in [2.45, 2.75) is 32.2 Å². The number of likely N-dealkylation sites (N-methyl/N-ethyl adjacent to an activating group) is 1. The third-order valence-corrected chi connectivity index (χ3v) is 6.28. The molecule has 2 aromatic carbocycles. The van der Waals surface area contributed by atoms with Gasteiger partial charge < -0.3 is 9.64 Å². The van der Waals surface area contributed by atoms with E-state index in [9.17, 15) is 4.79 Å². The number of amides is 1. The van der Waals surface area contributed by atoms with Crippen LogP contribution in [0.1, 0.15) is 35.5 Å². The predicted octanol–water partition coefficient (Wildman–Crippen LogP) is 4.38. The molecule has 1 aliphatic carbocycles. The van der Waals surface area contributed by atoms with Crippen LogP contribution >= 0.6 is 11.3 Å². The highest BCUT2D eigenvalue weighted by molar-refractivity contribution is 7.18. The second-order valence-corrected chi connectivity index (χ2v) is 7.84. The van der Waals surface area contributed by atoms with E-state index in [0.717, 1.165) is 33.8 Å². The molecule has 26 heavy (non-hydrogen) atoms. The fourth-order valence-corrected chi connectivity index (χ4v) is 4.40. The van der Waals surface area contributed by atoms with Crippen LogP contribution in [0.15, 0.2) is 42.5 Å². The molecule has 3 aromatic rings. The Morgan fingerprint density at radius 1 is 1.23 bits per heavy atom. The summed E-state index contributed by atoms with van der Waals surface area (Å²) >= 11 is 1.63. The van der Waals surface area contributed by atoms with Crippen LogP contribution in [-0.2, 0) is 17.6 Å². The van der Waals surface area contributed by atoms with Crippen molar-refractivity contribution in [2.75, 3.05) is 13.7 Å². The van der Waals surface area contributed by atoms with Gasteiger partial charge in [0.05, 0.1) is 16.3 Å². The summed E-state index contributed by atoms with van der Waals surface area (Å²) < 4.78 is 6.89. The molecule has 0 spiro atoms. The zero-order chi connectivity index (χ0) is 18.1. The Balaban J connectivity index is 1.40. The summed E-state index contributed by atoms with van der Waals surface area (Å²) in [7, 11) is 1.81. The van der Waals surface area contributed by atoms with Crippen LogP contribution in [0.25, 0.3) is 10.2 Å². The molecule has 4 nitrogen and oxygen atoms in total. The first-order valence-corrected chi connectivity index (χ1v) is 9.79. The number of para-hydroxylation sites is 1. The molecule has 0 N–H and O–H groups in total. The number of nitrogens with zero attached hydrogens (tertiary/aromatic N) is 2. The quantitative estimate of drug-likeness (QED) is 0.673. The largest absolute Gasteiger partial charge is 0.484 e. The maximum atomic E-state index is 12.6. The summed E-state index contributed by atoms with van der Waals surface area (Å²) in [6.45, 7) is 2.05. The van der Waals surface area contributed by atoms with Gasteiger partial charge in [-0.05, 0) is 61.6 Å². The van der Waals surface area contributed by atoms with Crippen molar-refractivity contribution in [1.29, 1.82) is 0 Å². The molecule has 134 valence electrons. The number of fused-ring (bicyclic) bond motifs is 2. The van der Waals surface area contributed by atoms with Gasteiger partial charge in [-0.2, -0.15) is 0 Å². The van der Waals surface area contributed by atoms with Gasteiger partial charge in [-0.1, -0.05) is 18.2 Å². The topological polar surface area (TPSA) is 42.4 Å². The lowest BCUT2D eigenvalue weighted by atomic mass is 10.1. The lowest BCUT2D eigenvalue weighted by molar-refractivity contribution is -0.134. The average molecular weight is 366 g/mol. The molecule has 1 aliphatic rings. The highest BCUT2D eigenvalue weighted by Gasteiger charge is 2.21. The van der Waals surface area contributed by atoms with Gasteiger partial charge in [0.2, 0.25) is 0 Å². The van der Waals surface area contributed by atoms with Crippen molar-refractivity contribution in [2.24, 2.45) is 0 Å². The molecule has 0 unspecified atom stereocenters. The predicted molar refractivity (Wildman–Crippen MR) is 105 cm³/mol. The number of benzene rings is 2. The van der Waals surface area contributed by atoms with Crippen LogP contribution in [0.4, 0.5) is 0 Å². The van der Waals surface area contributed by atoms with Crippen molar-refractivity contribution < 1.29 is 9.53 Å². The minimum atomic E-state index is -0.0801. The number of ether oxygens (including phenoxy) is 1. The van der Waals surface area contributed by atoms with Gasteiger partial charge in [-0.3, -0.25) is 4.79 Å². The van der Waals surface area contributed by atoms with Gasteiger partial charge in [0.25, 0.3) is 5.91 Å². The van der Waals surface area contributed by atoms with E-state index in [1.807, 2.05) is 38.2 Å². The summed E-state index contributed by atoms with van der Waals surface area (Å²) in [5.74, 6) is 0.734. The van der Waals surface area contributed by atoms with Crippen LogP contribution in [0, 0.1) is 0 Å². The van der Waals surface area contributed by atoms with Crippen LogP contribution in [0.5, 0.6) is 5.75 Å². The van der Waals surface area contributed by atoms with E-state index >= 15 is 0 Å². The van der Waals surface area contributed by atoms with Crippen molar-refractivity contribution in [3.05, 3.63) is 58.6 Å². The molecular weight excluding hydrogens is 344 g/mol. The molecule has 1 atom stereocenters. The maximum absolute atomic E-state index is 12.6. The highest BCUT2D eigenvalue weighted by Crippen LogP contribution is 2.29. The Labute approximate surface area is 157 Å². The smallest absolute Gasteiger partial charge is 0.260 e. The summed E-state index contributed by atoms with van der Waals surface area (Å²) in [6, 6.07) is 14.1. The zero-order valence-corrected chi connectivity index (χ0v) is 15.9. The summed E-state index contributed by atoms with van der Waals surface area (Å²) in [5.41, 5.74) is 3.74. The Kier molecular flexibility index (Phi) is 4.64. The average Bonchev–Trinajstić information content (AvgIpc) is 3.30. The Morgan fingerprint density at radius 2 is 2.04 bits per heavy atom. The molecule has 0 aliphatic heterocycles. The standard InChI is InChI=1S/C21H22N2O2S/c1-14(21-22-18-8-3-4-9-19(18)26-21)23(2)20(24)13-25-17-11-10-15-6-5-7-16(15)12-17/h3-4,8-12,14H,5-7,13H2,1-2H3/t14-/m0/s1. The Bertz CT molecular complexity index is 917. The molecule has 0 saturated carbocycles. The molecule has 0 bridgehead atoms. The first-order valence-electron chi connectivity index (χ1n) is 8.97. The molecule has 1 heterocycles. The van der Waals surface area contributed by atoms with E-state index in [0.29, 0.717) is 0 Å². The number of hydrogen-bond donors (Lipinski definition) is 0. The number of thiazole rings is 1. The fraction of sp³-hybridized carbons (Fsp3) is 0.333. The lowest BCUT2D eigenvalue weighted by Gasteiger charge is -2.23. The number of hydrogen-bond acceptors (Lipinski definition) is 4. The van der Waals surface area contributed by atoms with Crippen molar-refractivity contribution in [3.63, 3.8) is 0 Å². The van der Waals surface area contributed by atoms with Gasteiger partial charge >= 0.3 is 0 Å². The number of carbonyl (C=O) groups is 1. The number of rotatable bonds is 5. The molecule has 0 fully saturated rings. The molecule has 0 saturated heterocycles. The summed E-state index contributed by atoms with van der Waals surface area (Å²) in [4.78, 5) is 18.9. The third kappa shape index (κ3) is 3.31. The maximum Gasteiger partial charge on any atom is 0.260 e. The molecular formula is C21H22N2O2S. The SMILES string of the molecule is C[C@@H](c1nc2ccccc2s1)N(C)C(=O)COc1ccc2c(c1)CCC2. The van der Waals surface area contributed by atoms with Gasteiger partial charge in [0.15, 0.2) is 6.61 Å². The van der Waals surface area contributed by atoms with Crippen molar-refractivity contribution in [1.82, 2.24) is 9.88 Å². The number of aryl methyl sites for hydroxylation is 2. The number of aromatic nitrogens is 1. The molecule has 1 aromatic heterocycles. The van der Waals surface area contributed by atoms with Crippen LogP contribution in [0.3, 0.4) is 0 Å². The third-order valence-electron chi connectivity index (χ3n) is 5.07. The molecule has 0 radical (unpaired) electrons. The minimum absolute atomic E-state index is 0.0442. The second kappa shape index (κ2) is 7.08. The normalized spacial score (nSPS) is 14.2. The zero-order valence-electron chi connectivity index (χ0n) is 15.1. The summed E-state index contributed by atoms with van der Waals surface area (Å²) in [5, 5.41) is 0.944. The monoisotopic (exact) mass is 366 g/mol. The van der Waals surface area contributed by atoms with Gasteiger partial charge in [0, 0.05) is 7.05 Å². The number of carbonyl (C=O) groups excluding carboxylic acids is 1. The van der Waals surface area contributed by atoms with E-state index in [1.165, 1.54) is 17.5 Å². The van der Waals surface area contributed by atoms with E-state index in [2.05, 4.69) is 23.2 Å². The van der Waals surface area contributed by atoms with Crippen LogP contribution in [0.2, 0.25) is 0 Å². The minimum Gasteiger partial charge on any atom is -0.484 e. The fourth-order valence-electron chi connectivity index (χ4n) is 3.34. The first kappa shape index (κ1) is 17.0. The molecule has 1 amide bonds. The Morgan fingerprint density at radius 3 is 2.88 bits per heavy atom. The second-order valence-electron chi connectivity index (χ2n) is 6.77. The van der Waals surface area contributed by atoms with Gasteiger partial charge in [-0.15, -0.1) is 11.3 Å². The van der Waals surface area contributed by atoms with E-state index in [1.54, 1.807) is 16.2 Å². The summed E-state index contributed by atoms with van der Waals surface area (Å²) in [6.07, 6.45) is 3.46. The van der Waals surface area contributed by atoms with Crippen LogP contribution in [-0.4, -0.2) is 29.4 Å². The van der Waals surface area contributed by atoms with Gasteiger partial charge in [0.1, 0.15) is 10.8 Å². The highest BCUT2D eigenvalue weighted by atomic mass is 32.1. The van der Waals surface area contributed by atoms with Gasteiger partial charge in [-0.25, -0.2) is 4.98 Å². The Hall–Kier alpha value is -2.40. The van der Waals surface area contributed by atoms with E-state index in [-0.39, 0.29) is 18.6 Å². The van der Waals surface area contributed by atoms with E-state index < -0.39 is 0 Å². The van der Waals surface area contributed by atoms with E-state index in [4.69, 9.17) is 4.74 Å². The van der Waals surface area contributed by atoms with Crippen molar-refractivity contribution >= 4 is 27.5 Å². The molecule has 5 heteroatoms. The lowest BCUT2D eigenvalue weighted by Crippen LogP contribution is -2.33. The first-order chi connectivity index (χ1) is 12.6. The molecule has 4 rings (SSSR count). The van der Waals surface area contributed by atoms with Crippen LogP contribution < -0.4 is 4.74 Å². The van der Waals surface area contributed by atoms with Crippen molar-refractivity contribution in [3.8, 4) is 5.75 Å².